The predicted octanol–water partition coefficient (Wildman–Crippen LogP) is -0.723. The zero-order valence-corrected chi connectivity index (χ0v) is 5.55. The highest BCUT2D eigenvalue weighted by Crippen LogP contribution is 2.07. The van der Waals surface area contributed by atoms with Crippen molar-refractivity contribution in [2.24, 2.45) is 5.73 Å². The number of aliphatic hydroxyl groups is 1. The molecule has 0 spiro atoms. The summed E-state index contributed by atoms with van der Waals surface area (Å²) in [6.45, 7) is 1.10. The van der Waals surface area contributed by atoms with E-state index in [1.165, 1.54) is 0 Å². The lowest BCUT2D eigenvalue weighted by molar-refractivity contribution is -0.114. The molecule has 4 nitrogen and oxygen atoms in total. The van der Waals surface area contributed by atoms with Gasteiger partial charge in [0.05, 0.1) is 5.57 Å². The Morgan fingerprint density at radius 3 is 2.80 bits per heavy atom. The maximum absolute atomic E-state index is 10.5. The Balaban J connectivity index is 2.78. The number of carbonyl (C=O) groups excluding carboxylic acids is 1. The van der Waals surface area contributed by atoms with Crippen molar-refractivity contribution in [3.63, 3.8) is 0 Å². The molecule has 0 aliphatic carbocycles. The average molecular weight is 142 g/mol. The van der Waals surface area contributed by atoms with Gasteiger partial charge >= 0.3 is 0 Å². The van der Waals surface area contributed by atoms with Crippen molar-refractivity contribution >= 4 is 5.91 Å². The van der Waals surface area contributed by atoms with Crippen molar-refractivity contribution in [3.8, 4) is 0 Å². The third-order valence-electron chi connectivity index (χ3n) is 1.49. The van der Waals surface area contributed by atoms with E-state index in [4.69, 9.17) is 10.8 Å². The summed E-state index contributed by atoms with van der Waals surface area (Å²) >= 11 is 0. The molecule has 0 aromatic rings. The van der Waals surface area contributed by atoms with Gasteiger partial charge in [-0.05, 0) is 0 Å². The third kappa shape index (κ3) is 1.27. The molecule has 1 amide bonds. The molecule has 0 fully saturated rings. The lowest BCUT2D eigenvalue weighted by Crippen LogP contribution is -2.31. The second kappa shape index (κ2) is 2.70. The molecule has 56 valence electrons. The third-order valence-corrected chi connectivity index (χ3v) is 1.49. The monoisotopic (exact) mass is 142 g/mol. The van der Waals surface area contributed by atoms with E-state index in [9.17, 15) is 4.79 Å². The number of rotatable bonds is 1. The van der Waals surface area contributed by atoms with Crippen LogP contribution in [0.25, 0.3) is 0 Å². The van der Waals surface area contributed by atoms with Gasteiger partial charge in [0.2, 0.25) is 5.91 Å². The second-order valence-corrected chi connectivity index (χ2v) is 2.22. The summed E-state index contributed by atoms with van der Waals surface area (Å²) in [6, 6.07) is 0. The van der Waals surface area contributed by atoms with Gasteiger partial charge in [-0.1, -0.05) is 0 Å². The zero-order chi connectivity index (χ0) is 7.56. The summed E-state index contributed by atoms with van der Waals surface area (Å²) in [7, 11) is 0. The quantitative estimate of drug-likeness (QED) is 0.452. The SMILES string of the molecule is NC(=O)C1=C(O)CCNC1. The van der Waals surface area contributed by atoms with Crippen LogP contribution in [0, 0.1) is 0 Å². The van der Waals surface area contributed by atoms with Gasteiger partial charge < -0.3 is 16.2 Å². The second-order valence-electron chi connectivity index (χ2n) is 2.22. The van der Waals surface area contributed by atoms with Gasteiger partial charge in [0.15, 0.2) is 0 Å². The number of hydrogen-bond donors (Lipinski definition) is 3. The lowest BCUT2D eigenvalue weighted by Gasteiger charge is -2.14. The van der Waals surface area contributed by atoms with Crippen LogP contribution in [0.5, 0.6) is 0 Å². The largest absolute Gasteiger partial charge is 0.512 e. The molecule has 0 saturated heterocycles. The van der Waals surface area contributed by atoms with Crippen molar-refractivity contribution in [2.75, 3.05) is 13.1 Å². The van der Waals surface area contributed by atoms with Crippen LogP contribution in [0.3, 0.4) is 0 Å². The highest BCUT2D eigenvalue weighted by atomic mass is 16.3. The van der Waals surface area contributed by atoms with E-state index in [1.54, 1.807) is 0 Å². The average Bonchev–Trinajstić information content (AvgIpc) is 1.88. The molecule has 0 unspecified atom stereocenters. The van der Waals surface area contributed by atoms with Crippen molar-refractivity contribution in [1.82, 2.24) is 5.32 Å². The van der Waals surface area contributed by atoms with Gasteiger partial charge in [-0.25, -0.2) is 0 Å². The molecule has 0 aromatic carbocycles. The maximum atomic E-state index is 10.5. The van der Waals surface area contributed by atoms with Crippen LogP contribution in [0.4, 0.5) is 0 Å². The van der Waals surface area contributed by atoms with E-state index in [0.29, 0.717) is 25.1 Å². The molecular formula is C6H10N2O2. The first-order valence-electron chi connectivity index (χ1n) is 3.13. The van der Waals surface area contributed by atoms with Gasteiger partial charge in [0, 0.05) is 19.5 Å². The predicted molar refractivity (Wildman–Crippen MR) is 36.3 cm³/mol. The van der Waals surface area contributed by atoms with Crippen LogP contribution in [-0.4, -0.2) is 24.1 Å². The van der Waals surface area contributed by atoms with Gasteiger partial charge in [-0.15, -0.1) is 0 Å². The highest BCUT2D eigenvalue weighted by molar-refractivity contribution is 5.93. The fourth-order valence-corrected chi connectivity index (χ4v) is 0.902. The van der Waals surface area contributed by atoms with E-state index in [2.05, 4.69) is 5.32 Å². The van der Waals surface area contributed by atoms with Crippen molar-refractivity contribution < 1.29 is 9.90 Å². The number of nitrogens with one attached hydrogen (secondary N) is 1. The summed E-state index contributed by atoms with van der Waals surface area (Å²) in [5.41, 5.74) is 5.27. The van der Waals surface area contributed by atoms with E-state index >= 15 is 0 Å². The molecule has 1 rings (SSSR count). The number of hydrogen-bond acceptors (Lipinski definition) is 3. The van der Waals surface area contributed by atoms with E-state index < -0.39 is 5.91 Å². The van der Waals surface area contributed by atoms with Crippen LogP contribution in [-0.2, 0) is 4.79 Å². The molecular weight excluding hydrogens is 132 g/mol. The van der Waals surface area contributed by atoms with Gasteiger partial charge in [-0.2, -0.15) is 0 Å². The van der Waals surface area contributed by atoms with E-state index in [0.717, 1.165) is 0 Å². The number of amides is 1. The minimum absolute atomic E-state index is 0.131. The maximum Gasteiger partial charge on any atom is 0.249 e. The fourth-order valence-electron chi connectivity index (χ4n) is 0.902. The molecule has 0 aromatic heterocycles. The number of aliphatic hydroxyl groups excluding tert-OH is 1. The minimum Gasteiger partial charge on any atom is -0.512 e. The van der Waals surface area contributed by atoms with Crippen molar-refractivity contribution in [1.29, 1.82) is 0 Å². The Hall–Kier alpha value is -1.03. The minimum atomic E-state index is -0.537. The number of carbonyl (C=O) groups is 1. The molecule has 10 heavy (non-hydrogen) atoms. The molecule has 1 heterocycles. The summed E-state index contributed by atoms with van der Waals surface area (Å²) < 4.78 is 0. The smallest absolute Gasteiger partial charge is 0.249 e. The molecule has 0 atom stereocenters. The Kier molecular flexibility index (Phi) is 1.91. The standard InChI is InChI=1S/C6H10N2O2/c7-6(10)4-3-8-2-1-5(4)9/h8-9H,1-3H2,(H2,7,10). The summed E-state index contributed by atoms with van der Waals surface area (Å²) in [4.78, 5) is 10.5. The van der Waals surface area contributed by atoms with Crippen LogP contribution in [0.1, 0.15) is 6.42 Å². The number of primary amides is 1. The Bertz CT molecular complexity index is 186. The molecule has 0 radical (unpaired) electrons. The first-order chi connectivity index (χ1) is 4.72. The van der Waals surface area contributed by atoms with E-state index in [-0.39, 0.29) is 5.76 Å². The lowest BCUT2D eigenvalue weighted by atomic mass is 10.1. The molecule has 0 saturated carbocycles. The zero-order valence-electron chi connectivity index (χ0n) is 5.55. The first-order valence-corrected chi connectivity index (χ1v) is 3.13. The molecule has 4 N–H and O–H groups in total. The molecule has 4 heteroatoms. The van der Waals surface area contributed by atoms with Crippen LogP contribution >= 0.6 is 0 Å². The first kappa shape index (κ1) is 7.08. The Morgan fingerprint density at radius 1 is 1.70 bits per heavy atom. The Labute approximate surface area is 58.7 Å². The van der Waals surface area contributed by atoms with Crippen molar-refractivity contribution in [3.05, 3.63) is 11.3 Å². The molecule has 1 aliphatic rings. The van der Waals surface area contributed by atoms with Gasteiger partial charge in [0.1, 0.15) is 5.76 Å². The Morgan fingerprint density at radius 2 is 2.40 bits per heavy atom. The van der Waals surface area contributed by atoms with Gasteiger partial charge in [-0.3, -0.25) is 4.79 Å². The number of nitrogens with two attached hydrogens (primary N) is 1. The molecule has 1 aliphatic heterocycles. The summed E-state index contributed by atoms with van der Waals surface area (Å²) in [6.07, 6.45) is 0.498. The topological polar surface area (TPSA) is 75.4 Å². The van der Waals surface area contributed by atoms with Crippen LogP contribution < -0.4 is 11.1 Å². The van der Waals surface area contributed by atoms with E-state index in [1.807, 2.05) is 0 Å². The van der Waals surface area contributed by atoms with Gasteiger partial charge in [0.25, 0.3) is 0 Å². The van der Waals surface area contributed by atoms with Crippen LogP contribution in [0.15, 0.2) is 11.3 Å². The highest BCUT2D eigenvalue weighted by Gasteiger charge is 2.14. The fraction of sp³-hybridized carbons (Fsp3) is 0.500. The molecule has 0 bridgehead atoms. The van der Waals surface area contributed by atoms with Crippen molar-refractivity contribution in [2.45, 2.75) is 6.42 Å². The normalized spacial score (nSPS) is 19.2. The summed E-state index contributed by atoms with van der Waals surface area (Å²) in [5, 5.41) is 12.0. The van der Waals surface area contributed by atoms with Crippen LogP contribution in [0.2, 0.25) is 0 Å². The summed E-state index contributed by atoms with van der Waals surface area (Å²) in [5.74, 6) is -0.407.